The molecule has 0 aliphatic rings. The van der Waals surface area contributed by atoms with Crippen LogP contribution in [0.2, 0.25) is 5.02 Å². The Hall–Kier alpha value is -2.82. The van der Waals surface area contributed by atoms with E-state index in [1.54, 1.807) is 31.3 Å². The fourth-order valence-electron chi connectivity index (χ4n) is 3.54. The summed E-state index contributed by atoms with van der Waals surface area (Å²) in [7, 11) is 1.57. The molecule has 0 spiro atoms. The normalized spacial score (nSPS) is 12.4. The summed E-state index contributed by atoms with van der Waals surface area (Å²) < 4.78 is 41.6. The number of aliphatic imine (C=N–C) groups is 2. The van der Waals surface area contributed by atoms with Gasteiger partial charge in [0.25, 0.3) is 0 Å². The maximum Gasteiger partial charge on any atom is 0.416 e. The Bertz CT molecular complexity index is 1250. The SMILES string of the molecule is C=Nc1c(/C(N)=N\C)nc(Sc2cc(Cl)cc(-c3cccc(C(F)(F)F)c3)c2)n1CCCNC(C)C. The van der Waals surface area contributed by atoms with E-state index in [2.05, 4.69) is 40.9 Å². The van der Waals surface area contributed by atoms with Crippen molar-refractivity contribution in [3.05, 3.63) is 58.7 Å². The first-order chi connectivity index (χ1) is 17.0. The summed E-state index contributed by atoms with van der Waals surface area (Å²) in [5.41, 5.74) is 6.74. The van der Waals surface area contributed by atoms with Crippen molar-refractivity contribution in [3.63, 3.8) is 0 Å². The van der Waals surface area contributed by atoms with Gasteiger partial charge in [-0.05, 0) is 61.1 Å². The van der Waals surface area contributed by atoms with Crippen LogP contribution >= 0.6 is 23.4 Å². The quantitative estimate of drug-likeness (QED) is 0.178. The minimum absolute atomic E-state index is 0.231. The molecule has 0 unspecified atom stereocenters. The summed E-state index contributed by atoms with van der Waals surface area (Å²) in [6.45, 7) is 9.23. The van der Waals surface area contributed by atoms with E-state index >= 15 is 0 Å². The number of halogens is 4. The number of aromatic nitrogens is 2. The van der Waals surface area contributed by atoms with Crippen LogP contribution < -0.4 is 11.1 Å². The van der Waals surface area contributed by atoms with Gasteiger partial charge in [0.05, 0.1) is 5.56 Å². The minimum atomic E-state index is -4.44. The number of nitrogens with two attached hydrogens (primary N) is 1. The zero-order valence-corrected chi connectivity index (χ0v) is 21.8. The van der Waals surface area contributed by atoms with Crippen LogP contribution in [-0.4, -0.2) is 41.7 Å². The van der Waals surface area contributed by atoms with Crippen molar-refractivity contribution in [1.82, 2.24) is 14.9 Å². The average molecular weight is 537 g/mol. The molecule has 0 fully saturated rings. The third kappa shape index (κ3) is 6.89. The summed E-state index contributed by atoms with van der Waals surface area (Å²) in [6.07, 6.45) is -3.63. The first kappa shape index (κ1) is 27.8. The van der Waals surface area contributed by atoms with Crippen LogP contribution in [0.5, 0.6) is 0 Å². The molecule has 192 valence electrons. The van der Waals surface area contributed by atoms with E-state index in [-0.39, 0.29) is 5.84 Å². The van der Waals surface area contributed by atoms with E-state index < -0.39 is 11.7 Å². The van der Waals surface area contributed by atoms with Gasteiger partial charge in [0.15, 0.2) is 16.7 Å². The van der Waals surface area contributed by atoms with E-state index in [1.807, 2.05) is 4.57 Å². The van der Waals surface area contributed by atoms with Crippen molar-refractivity contribution in [3.8, 4) is 11.1 Å². The van der Waals surface area contributed by atoms with E-state index in [9.17, 15) is 13.2 Å². The minimum Gasteiger partial charge on any atom is -0.382 e. The summed E-state index contributed by atoms with van der Waals surface area (Å²) in [6, 6.07) is 10.7. The second kappa shape index (κ2) is 11.9. The van der Waals surface area contributed by atoms with Crippen LogP contribution in [0.25, 0.3) is 11.1 Å². The number of nitrogens with one attached hydrogen (secondary N) is 1. The Morgan fingerprint density at radius 1 is 1.22 bits per heavy atom. The van der Waals surface area contributed by atoms with Gasteiger partial charge in [-0.15, -0.1) is 0 Å². The maximum absolute atomic E-state index is 13.2. The van der Waals surface area contributed by atoms with Gasteiger partial charge in [-0.2, -0.15) is 13.2 Å². The Kier molecular flexibility index (Phi) is 9.21. The lowest BCUT2D eigenvalue weighted by Crippen LogP contribution is -2.24. The summed E-state index contributed by atoms with van der Waals surface area (Å²) in [4.78, 5) is 13.6. The highest BCUT2D eigenvalue weighted by molar-refractivity contribution is 7.99. The van der Waals surface area contributed by atoms with E-state index in [1.165, 1.54) is 17.8 Å². The summed E-state index contributed by atoms with van der Waals surface area (Å²) in [5, 5.41) is 4.37. The molecular weight excluding hydrogens is 509 g/mol. The van der Waals surface area contributed by atoms with E-state index in [0.717, 1.165) is 25.1 Å². The molecule has 3 N–H and O–H groups in total. The van der Waals surface area contributed by atoms with Crippen LogP contribution in [0.1, 0.15) is 31.5 Å². The molecule has 0 saturated heterocycles. The third-order valence-corrected chi connectivity index (χ3v) is 6.44. The van der Waals surface area contributed by atoms with Crippen LogP contribution in [0.4, 0.5) is 19.0 Å². The average Bonchev–Trinajstić information content (AvgIpc) is 3.17. The molecule has 0 radical (unpaired) electrons. The number of amidine groups is 1. The van der Waals surface area contributed by atoms with Gasteiger partial charge in [0, 0.05) is 29.6 Å². The molecule has 0 aliphatic carbocycles. The highest BCUT2D eigenvalue weighted by Crippen LogP contribution is 2.38. The predicted octanol–water partition coefficient (Wildman–Crippen LogP) is 6.43. The van der Waals surface area contributed by atoms with Crippen molar-refractivity contribution in [1.29, 1.82) is 0 Å². The lowest BCUT2D eigenvalue weighted by atomic mass is 10.0. The molecule has 2 aromatic carbocycles. The Balaban J connectivity index is 2.00. The van der Waals surface area contributed by atoms with Gasteiger partial charge < -0.3 is 15.6 Å². The van der Waals surface area contributed by atoms with Gasteiger partial charge in [0.1, 0.15) is 5.84 Å². The van der Waals surface area contributed by atoms with Crippen LogP contribution in [0.15, 0.2) is 62.5 Å². The summed E-state index contributed by atoms with van der Waals surface area (Å²) >= 11 is 7.68. The van der Waals surface area contributed by atoms with Gasteiger partial charge >= 0.3 is 6.18 Å². The van der Waals surface area contributed by atoms with Crippen molar-refractivity contribution in [2.75, 3.05) is 13.6 Å². The molecule has 0 aliphatic heterocycles. The Labute approximate surface area is 217 Å². The number of nitrogens with zero attached hydrogens (tertiary/aromatic N) is 4. The Morgan fingerprint density at radius 2 is 1.97 bits per heavy atom. The molecule has 1 aromatic heterocycles. The molecule has 0 bridgehead atoms. The van der Waals surface area contributed by atoms with E-state index in [4.69, 9.17) is 17.3 Å². The lowest BCUT2D eigenvalue weighted by Gasteiger charge is -2.13. The standard InChI is InChI=1S/C25H28ClF3N6S/c1-15(2)33-9-6-10-35-23(32-4)21(22(30)31-3)34-24(35)36-20-13-17(12-19(26)14-20)16-7-5-8-18(11-16)25(27,28)29/h5,7-8,11-15,33H,4,6,9-10H2,1-3H3,(H2,30,31). The molecule has 36 heavy (non-hydrogen) atoms. The predicted molar refractivity (Wildman–Crippen MR) is 142 cm³/mol. The molecule has 6 nitrogen and oxygen atoms in total. The number of hydrogen-bond acceptors (Lipinski definition) is 5. The molecule has 3 rings (SSSR count). The highest BCUT2D eigenvalue weighted by Gasteiger charge is 2.30. The molecule has 0 amide bonds. The van der Waals surface area contributed by atoms with Crippen molar-refractivity contribution in [2.45, 2.75) is 49.1 Å². The second-order valence-electron chi connectivity index (χ2n) is 8.30. The van der Waals surface area contributed by atoms with Gasteiger partial charge in [-0.3, -0.25) is 4.99 Å². The van der Waals surface area contributed by atoms with Crippen LogP contribution in [-0.2, 0) is 12.7 Å². The zero-order chi connectivity index (χ0) is 26.5. The fourth-order valence-corrected chi connectivity index (χ4v) is 4.85. The smallest absolute Gasteiger partial charge is 0.382 e. The second-order valence-corrected chi connectivity index (χ2v) is 9.78. The molecule has 11 heteroatoms. The fraction of sp³-hybridized carbons (Fsp3) is 0.320. The zero-order valence-electron chi connectivity index (χ0n) is 20.2. The largest absolute Gasteiger partial charge is 0.416 e. The molecule has 0 saturated carbocycles. The van der Waals surface area contributed by atoms with Crippen molar-refractivity contribution < 1.29 is 13.2 Å². The van der Waals surface area contributed by atoms with Crippen molar-refractivity contribution >= 4 is 41.7 Å². The molecular formula is C25H28ClF3N6S. The number of imidazole rings is 1. The lowest BCUT2D eigenvalue weighted by molar-refractivity contribution is -0.137. The first-order valence-electron chi connectivity index (χ1n) is 11.2. The number of benzene rings is 2. The molecule has 3 aromatic rings. The number of hydrogen-bond donors (Lipinski definition) is 2. The van der Waals surface area contributed by atoms with Crippen molar-refractivity contribution in [2.24, 2.45) is 15.7 Å². The van der Waals surface area contributed by atoms with Gasteiger partial charge in [-0.1, -0.05) is 49.3 Å². The number of alkyl halides is 3. The molecule has 1 heterocycles. The monoisotopic (exact) mass is 536 g/mol. The van der Waals surface area contributed by atoms with Gasteiger partial charge in [-0.25, -0.2) is 9.98 Å². The topological polar surface area (TPSA) is 80.6 Å². The first-order valence-corrected chi connectivity index (χ1v) is 12.4. The van der Waals surface area contributed by atoms with E-state index in [0.29, 0.717) is 50.3 Å². The van der Waals surface area contributed by atoms with Gasteiger partial charge in [0.2, 0.25) is 0 Å². The van der Waals surface area contributed by atoms with Crippen LogP contribution in [0.3, 0.4) is 0 Å². The Morgan fingerprint density at radius 3 is 2.61 bits per heavy atom. The highest BCUT2D eigenvalue weighted by atomic mass is 35.5. The number of rotatable bonds is 10. The van der Waals surface area contributed by atoms with Crippen LogP contribution in [0, 0.1) is 0 Å². The molecule has 0 atom stereocenters. The maximum atomic E-state index is 13.2. The summed E-state index contributed by atoms with van der Waals surface area (Å²) in [5.74, 6) is 0.735. The third-order valence-electron chi connectivity index (χ3n) is 5.25.